The average Bonchev–Trinajstić information content (AvgIpc) is 2.99. The summed E-state index contributed by atoms with van der Waals surface area (Å²) in [6, 6.07) is 9.47. The van der Waals surface area contributed by atoms with E-state index in [4.69, 9.17) is 5.73 Å². The first-order chi connectivity index (χ1) is 15.0. The van der Waals surface area contributed by atoms with Crippen molar-refractivity contribution >= 4 is 26.9 Å². The van der Waals surface area contributed by atoms with Crippen LogP contribution in [0.3, 0.4) is 0 Å². The maximum atomic E-state index is 14.4. The van der Waals surface area contributed by atoms with Gasteiger partial charge in [-0.05, 0) is 61.4 Å². The van der Waals surface area contributed by atoms with Crippen molar-refractivity contribution in [3.8, 4) is 11.1 Å². The van der Waals surface area contributed by atoms with Gasteiger partial charge in [-0.1, -0.05) is 6.07 Å². The van der Waals surface area contributed by atoms with Crippen molar-refractivity contribution < 1.29 is 22.7 Å². The fourth-order valence-electron chi connectivity index (χ4n) is 3.74. The summed E-state index contributed by atoms with van der Waals surface area (Å²) >= 11 is 0. The molecular weight excluding hydrogens is 433 g/mol. The molecule has 0 aliphatic heterocycles. The van der Waals surface area contributed by atoms with Crippen molar-refractivity contribution in [3.05, 3.63) is 65.1 Å². The number of aromatic carboxylic acids is 1. The van der Waals surface area contributed by atoms with Crippen molar-refractivity contribution in [1.82, 2.24) is 8.87 Å². The maximum Gasteiger partial charge on any atom is 0.335 e. The Balaban J connectivity index is 2.38. The van der Waals surface area contributed by atoms with E-state index in [1.165, 1.54) is 38.4 Å². The molecule has 32 heavy (non-hydrogen) atoms. The summed E-state index contributed by atoms with van der Waals surface area (Å²) < 4.78 is 42.7. The molecular formula is C23H26FN3O4S. The van der Waals surface area contributed by atoms with Gasteiger partial charge in [0.2, 0.25) is 10.0 Å². The molecule has 0 bridgehead atoms. The number of fused-ring (bicyclic) bond motifs is 1. The summed E-state index contributed by atoms with van der Waals surface area (Å²) in [6.07, 6.45) is 1.28. The molecule has 0 aliphatic rings. The molecule has 0 saturated carbocycles. The van der Waals surface area contributed by atoms with Crippen molar-refractivity contribution in [2.24, 2.45) is 5.73 Å². The topological polar surface area (TPSA) is 106 Å². The molecule has 0 unspecified atom stereocenters. The first-order valence-corrected chi connectivity index (χ1v) is 11.4. The van der Waals surface area contributed by atoms with Gasteiger partial charge in [-0.15, -0.1) is 0 Å². The highest BCUT2D eigenvalue weighted by Crippen LogP contribution is 2.38. The van der Waals surface area contributed by atoms with E-state index in [0.29, 0.717) is 27.7 Å². The van der Waals surface area contributed by atoms with Crippen LogP contribution in [0.4, 0.5) is 4.39 Å². The molecule has 3 rings (SSSR count). The van der Waals surface area contributed by atoms with E-state index in [-0.39, 0.29) is 23.5 Å². The predicted molar refractivity (Wildman–Crippen MR) is 123 cm³/mol. The second kappa shape index (κ2) is 8.85. The van der Waals surface area contributed by atoms with Gasteiger partial charge in [0.05, 0.1) is 17.0 Å². The fourth-order valence-corrected chi connectivity index (χ4v) is 4.67. The van der Waals surface area contributed by atoms with Crippen molar-refractivity contribution in [3.63, 3.8) is 0 Å². The Bertz CT molecular complexity index is 1340. The quantitative estimate of drug-likeness (QED) is 0.561. The Morgan fingerprint density at radius 3 is 2.47 bits per heavy atom. The number of aryl methyl sites for hydroxylation is 1. The van der Waals surface area contributed by atoms with Crippen LogP contribution in [0.1, 0.15) is 21.6 Å². The summed E-state index contributed by atoms with van der Waals surface area (Å²) in [7, 11) is -0.770. The molecule has 0 fully saturated rings. The van der Waals surface area contributed by atoms with Gasteiger partial charge in [-0.2, -0.15) is 0 Å². The minimum atomic E-state index is -3.68. The molecule has 7 nitrogen and oxygen atoms in total. The normalized spacial score (nSPS) is 12.7. The standard InChI is InChI=1S/C23H26FN3O4S/c1-14-5-7-18(32(30,31)26(3)4)12-19(14)22-15(2)27(13-17(24)9-10-25)21-8-6-16(23(28)29)11-20(21)22/h5-9,11-12H,10,13,25H2,1-4H3,(H,28,29). The van der Waals surface area contributed by atoms with Crippen LogP contribution < -0.4 is 5.73 Å². The molecule has 1 heterocycles. The van der Waals surface area contributed by atoms with Gasteiger partial charge in [-0.3, -0.25) is 0 Å². The fraction of sp³-hybridized carbons (Fsp3) is 0.261. The largest absolute Gasteiger partial charge is 0.478 e. The first-order valence-electron chi connectivity index (χ1n) is 9.93. The second-order valence-corrected chi connectivity index (χ2v) is 9.89. The Morgan fingerprint density at radius 2 is 1.88 bits per heavy atom. The van der Waals surface area contributed by atoms with E-state index in [9.17, 15) is 22.7 Å². The number of rotatable bonds is 7. The molecule has 2 aromatic carbocycles. The summed E-state index contributed by atoms with van der Waals surface area (Å²) in [5.41, 5.74) is 8.96. The summed E-state index contributed by atoms with van der Waals surface area (Å²) in [5, 5.41) is 10.1. The zero-order chi connectivity index (χ0) is 23.8. The summed E-state index contributed by atoms with van der Waals surface area (Å²) in [6.45, 7) is 3.64. The van der Waals surface area contributed by atoms with E-state index in [2.05, 4.69) is 0 Å². The van der Waals surface area contributed by atoms with Crippen LogP contribution in [-0.2, 0) is 16.6 Å². The van der Waals surface area contributed by atoms with Gasteiger partial charge in [-0.25, -0.2) is 21.9 Å². The van der Waals surface area contributed by atoms with Crippen molar-refractivity contribution in [2.75, 3.05) is 20.6 Å². The minimum absolute atomic E-state index is 0.0592. The van der Waals surface area contributed by atoms with E-state index >= 15 is 0 Å². The van der Waals surface area contributed by atoms with Crippen molar-refractivity contribution in [2.45, 2.75) is 25.3 Å². The predicted octanol–water partition coefficient (Wildman–Crippen LogP) is 3.69. The van der Waals surface area contributed by atoms with Gasteiger partial charge >= 0.3 is 5.97 Å². The maximum absolute atomic E-state index is 14.4. The Hall–Kier alpha value is -3.01. The number of sulfonamides is 1. The molecule has 0 aliphatic carbocycles. The summed E-state index contributed by atoms with van der Waals surface area (Å²) in [5.74, 6) is -1.50. The second-order valence-electron chi connectivity index (χ2n) is 7.73. The third-order valence-electron chi connectivity index (χ3n) is 5.48. The number of nitrogens with zero attached hydrogens (tertiary/aromatic N) is 2. The van der Waals surface area contributed by atoms with Crippen LogP contribution in [0.15, 0.2) is 53.2 Å². The molecule has 3 N–H and O–H groups in total. The monoisotopic (exact) mass is 459 g/mol. The number of halogens is 1. The number of carboxylic acids is 1. The number of carboxylic acid groups (broad SMARTS) is 1. The zero-order valence-electron chi connectivity index (χ0n) is 18.4. The molecule has 170 valence electrons. The Labute approximate surface area is 186 Å². The molecule has 3 aromatic rings. The SMILES string of the molecule is Cc1ccc(S(=O)(=O)N(C)C)cc1-c1c(C)n(CC(F)=CCN)c2ccc(C(=O)O)cc12. The number of benzene rings is 2. The molecule has 0 radical (unpaired) electrons. The van der Waals surface area contributed by atoms with Gasteiger partial charge in [0, 0.05) is 42.8 Å². The van der Waals surface area contributed by atoms with E-state index in [1.54, 1.807) is 29.7 Å². The zero-order valence-corrected chi connectivity index (χ0v) is 19.2. The van der Waals surface area contributed by atoms with Crippen LogP contribution in [0, 0.1) is 13.8 Å². The average molecular weight is 460 g/mol. The lowest BCUT2D eigenvalue weighted by atomic mass is 9.97. The highest BCUT2D eigenvalue weighted by atomic mass is 32.2. The molecule has 0 spiro atoms. The molecule has 9 heteroatoms. The molecule has 0 atom stereocenters. The van der Waals surface area contributed by atoms with Gasteiger partial charge < -0.3 is 15.4 Å². The van der Waals surface area contributed by atoms with Crippen LogP contribution in [0.2, 0.25) is 0 Å². The molecule has 1 aromatic heterocycles. The first kappa shape index (κ1) is 23.6. The van der Waals surface area contributed by atoms with Crippen LogP contribution in [-0.4, -0.2) is 49.0 Å². The van der Waals surface area contributed by atoms with E-state index < -0.39 is 21.8 Å². The van der Waals surface area contributed by atoms with E-state index in [0.717, 1.165) is 9.87 Å². The van der Waals surface area contributed by atoms with Gasteiger partial charge in [0.15, 0.2) is 0 Å². The van der Waals surface area contributed by atoms with Crippen LogP contribution in [0.5, 0.6) is 0 Å². The van der Waals surface area contributed by atoms with Gasteiger partial charge in [0.25, 0.3) is 0 Å². The highest BCUT2D eigenvalue weighted by molar-refractivity contribution is 7.89. The highest BCUT2D eigenvalue weighted by Gasteiger charge is 2.23. The number of hydrogen-bond donors (Lipinski definition) is 2. The number of aromatic nitrogens is 1. The van der Waals surface area contributed by atoms with Crippen molar-refractivity contribution in [1.29, 1.82) is 0 Å². The summed E-state index contributed by atoms with van der Waals surface area (Å²) in [4.78, 5) is 11.7. The number of hydrogen-bond acceptors (Lipinski definition) is 4. The third-order valence-corrected chi connectivity index (χ3v) is 7.29. The Kier molecular flexibility index (Phi) is 6.54. The van der Waals surface area contributed by atoms with Crippen LogP contribution in [0.25, 0.3) is 22.0 Å². The van der Waals surface area contributed by atoms with Gasteiger partial charge in [0.1, 0.15) is 5.83 Å². The number of nitrogens with two attached hydrogens (primary N) is 1. The lowest BCUT2D eigenvalue weighted by Gasteiger charge is -2.14. The number of carbonyl (C=O) groups is 1. The molecule has 0 amide bonds. The third kappa shape index (κ3) is 4.19. The lowest BCUT2D eigenvalue weighted by molar-refractivity contribution is 0.0697. The van der Waals surface area contributed by atoms with E-state index in [1.807, 2.05) is 6.92 Å². The molecule has 0 saturated heterocycles. The minimum Gasteiger partial charge on any atom is -0.478 e. The Morgan fingerprint density at radius 1 is 1.19 bits per heavy atom. The van der Waals surface area contributed by atoms with Crippen LogP contribution >= 0.6 is 0 Å². The lowest BCUT2D eigenvalue weighted by Crippen LogP contribution is -2.22. The number of allylic oxidation sites excluding steroid dienone is 1. The smallest absolute Gasteiger partial charge is 0.335 e.